The average molecular weight is 377 g/mol. The largest absolute Gasteiger partial charge is 0.496 e. The lowest BCUT2D eigenvalue weighted by atomic mass is 10.2. The van der Waals surface area contributed by atoms with Crippen LogP contribution in [0.25, 0.3) is 11.4 Å². The lowest BCUT2D eigenvalue weighted by Gasteiger charge is -2.02. The SMILES string of the molecule is COc1ccccc1-c1noc([C@@H]2C[C@H]2c2csc(Br)c2)n1. The fourth-order valence-corrected chi connectivity index (χ4v) is 3.92. The highest BCUT2D eigenvalue weighted by Gasteiger charge is 2.44. The molecule has 2 atom stereocenters. The highest BCUT2D eigenvalue weighted by molar-refractivity contribution is 9.11. The van der Waals surface area contributed by atoms with Crippen LogP contribution in [0.15, 0.2) is 44.0 Å². The molecule has 22 heavy (non-hydrogen) atoms. The summed E-state index contributed by atoms with van der Waals surface area (Å²) in [5.74, 6) is 2.88. The van der Waals surface area contributed by atoms with Gasteiger partial charge in [0.1, 0.15) is 5.75 Å². The highest BCUT2D eigenvalue weighted by atomic mass is 79.9. The van der Waals surface area contributed by atoms with Crippen molar-refractivity contribution in [1.29, 1.82) is 0 Å². The van der Waals surface area contributed by atoms with E-state index >= 15 is 0 Å². The fourth-order valence-electron chi connectivity index (χ4n) is 2.68. The van der Waals surface area contributed by atoms with Crippen LogP contribution < -0.4 is 4.74 Å². The highest BCUT2D eigenvalue weighted by Crippen LogP contribution is 2.55. The molecule has 0 spiro atoms. The van der Waals surface area contributed by atoms with E-state index in [0.717, 1.165) is 21.5 Å². The smallest absolute Gasteiger partial charge is 0.230 e. The Kier molecular flexibility index (Phi) is 3.50. The summed E-state index contributed by atoms with van der Waals surface area (Å²) in [7, 11) is 1.64. The van der Waals surface area contributed by atoms with Gasteiger partial charge in [-0.3, -0.25) is 0 Å². The van der Waals surface area contributed by atoms with E-state index < -0.39 is 0 Å². The number of para-hydroxylation sites is 1. The minimum Gasteiger partial charge on any atom is -0.496 e. The normalized spacial score (nSPS) is 20.1. The zero-order valence-electron chi connectivity index (χ0n) is 11.8. The average Bonchev–Trinajstić information content (AvgIpc) is 2.98. The summed E-state index contributed by atoms with van der Waals surface area (Å²) in [6.07, 6.45) is 1.07. The van der Waals surface area contributed by atoms with Crippen LogP contribution in [0.1, 0.15) is 29.7 Å². The van der Waals surface area contributed by atoms with Crippen molar-refractivity contribution in [1.82, 2.24) is 10.1 Å². The van der Waals surface area contributed by atoms with Crippen molar-refractivity contribution in [3.63, 3.8) is 0 Å². The van der Waals surface area contributed by atoms with Crippen molar-refractivity contribution in [3.05, 3.63) is 51.0 Å². The maximum atomic E-state index is 5.48. The third-order valence-corrected chi connectivity index (χ3v) is 5.44. The summed E-state index contributed by atoms with van der Waals surface area (Å²) >= 11 is 5.22. The summed E-state index contributed by atoms with van der Waals surface area (Å²) in [4.78, 5) is 4.57. The maximum absolute atomic E-state index is 5.48. The van der Waals surface area contributed by atoms with Crippen molar-refractivity contribution in [3.8, 4) is 17.1 Å². The molecule has 1 aliphatic rings. The molecule has 3 aromatic rings. The Hall–Kier alpha value is -1.66. The monoisotopic (exact) mass is 376 g/mol. The first-order valence-electron chi connectivity index (χ1n) is 6.97. The van der Waals surface area contributed by atoms with Crippen molar-refractivity contribution in [2.24, 2.45) is 0 Å². The molecule has 0 unspecified atom stereocenters. The number of ether oxygens (including phenoxy) is 1. The molecule has 1 aromatic carbocycles. The Morgan fingerprint density at radius 2 is 2.18 bits per heavy atom. The molecule has 0 bridgehead atoms. The molecule has 0 amide bonds. The van der Waals surface area contributed by atoms with Gasteiger partial charge in [0, 0.05) is 5.92 Å². The number of aromatic nitrogens is 2. The standard InChI is InChI=1S/C16H13BrN2O2S/c1-20-13-5-3-2-4-10(13)15-18-16(21-19-15)12-7-11(12)9-6-14(17)22-8-9/h2-6,8,11-12H,7H2,1H3/t11-,12+/m0/s1. The van der Waals surface area contributed by atoms with E-state index in [1.54, 1.807) is 18.4 Å². The van der Waals surface area contributed by atoms with E-state index in [1.807, 2.05) is 24.3 Å². The van der Waals surface area contributed by atoms with E-state index in [0.29, 0.717) is 23.6 Å². The van der Waals surface area contributed by atoms with E-state index in [9.17, 15) is 0 Å². The quantitative estimate of drug-likeness (QED) is 0.653. The molecule has 0 radical (unpaired) electrons. The van der Waals surface area contributed by atoms with Crippen LogP contribution in [0.5, 0.6) is 5.75 Å². The maximum Gasteiger partial charge on any atom is 0.230 e. The predicted octanol–water partition coefficient (Wildman–Crippen LogP) is 4.84. The first kappa shape index (κ1) is 14.0. The number of rotatable bonds is 4. The molecule has 0 saturated heterocycles. The van der Waals surface area contributed by atoms with Gasteiger partial charge in [-0.15, -0.1) is 11.3 Å². The van der Waals surface area contributed by atoms with Gasteiger partial charge in [0.25, 0.3) is 0 Å². The number of hydrogen-bond acceptors (Lipinski definition) is 5. The summed E-state index contributed by atoms with van der Waals surface area (Å²) in [6.45, 7) is 0. The molecule has 2 heterocycles. The molecule has 1 saturated carbocycles. The lowest BCUT2D eigenvalue weighted by Crippen LogP contribution is -1.89. The lowest BCUT2D eigenvalue weighted by molar-refractivity contribution is 0.378. The third kappa shape index (κ3) is 2.46. The molecule has 1 fully saturated rings. The van der Waals surface area contributed by atoms with Crippen molar-refractivity contribution in [2.75, 3.05) is 7.11 Å². The second-order valence-corrected chi connectivity index (χ2v) is 7.58. The Morgan fingerprint density at radius 1 is 1.32 bits per heavy atom. The molecule has 0 N–H and O–H groups in total. The minimum atomic E-state index is 0.331. The van der Waals surface area contributed by atoms with E-state index in [-0.39, 0.29) is 0 Å². The summed E-state index contributed by atoms with van der Waals surface area (Å²) in [6, 6.07) is 9.88. The van der Waals surface area contributed by atoms with E-state index in [1.165, 1.54) is 5.56 Å². The van der Waals surface area contributed by atoms with Gasteiger partial charge in [0.15, 0.2) is 0 Å². The van der Waals surface area contributed by atoms with Gasteiger partial charge < -0.3 is 9.26 Å². The summed E-state index contributed by atoms with van der Waals surface area (Å²) in [5, 5.41) is 6.30. The van der Waals surface area contributed by atoms with Gasteiger partial charge in [-0.05, 0) is 57.4 Å². The molecule has 4 nitrogen and oxygen atoms in total. The van der Waals surface area contributed by atoms with Gasteiger partial charge >= 0.3 is 0 Å². The fraction of sp³-hybridized carbons (Fsp3) is 0.250. The molecular weight excluding hydrogens is 364 g/mol. The zero-order valence-corrected chi connectivity index (χ0v) is 14.2. The third-order valence-electron chi connectivity index (χ3n) is 3.91. The van der Waals surface area contributed by atoms with Crippen molar-refractivity contribution >= 4 is 27.3 Å². The molecular formula is C16H13BrN2O2S. The van der Waals surface area contributed by atoms with Crippen LogP contribution in [-0.2, 0) is 0 Å². The number of nitrogens with zero attached hydrogens (tertiary/aromatic N) is 2. The van der Waals surface area contributed by atoms with Crippen LogP contribution >= 0.6 is 27.3 Å². The second kappa shape index (κ2) is 5.52. The number of methoxy groups -OCH3 is 1. The first-order chi connectivity index (χ1) is 10.8. The first-order valence-corrected chi connectivity index (χ1v) is 8.64. The zero-order chi connectivity index (χ0) is 15.1. The molecule has 6 heteroatoms. The van der Waals surface area contributed by atoms with Crippen LogP contribution in [0.4, 0.5) is 0 Å². The van der Waals surface area contributed by atoms with Gasteiger partial charge in [-0.25, -0.2) is 0 Å². The van der Waals surface area contributed by atoms with Crippen molar-refractivity contribution in [2.45, 2.75) is 18.3 Å². The Bertz CT molecular complexity index is 814. The Morgan fingerprint density at radius 3 is 2.95 bits per heavy atom. The number of benzene rings is 1. The van der Waals surface area contributed by atoms with Gasteiger partial charge in [0.05, 0.1) is 16.5 Å². The van der Waals surface area contributed by atoms with Crippen molar-refractivity contribution < 1.29 is 9.26 Å². The molecule has 1 aliphatic carbocycles. The number of hydrogen-bond donors (Lipinski definition) is 0. The summed E-state index contributed by atoms with van der Waals surface area (Å²) in [5.41, 5.74) is 2.20. The minimum absolute atomic E-state index is 0.331. The molecule has 112 valence electrons. The summed E-state index contributed by atoms with van der Waals surface area (Å²) < 4.78 is 12.0. The Labute approximate surface area is 140 Å². The van der Waals surface area contributed by atoms with E-state index in [4.69, 9.17) is 9.26 Å². The van der Waals surface area contributed by atoms with Gasteiger partial charge in [0.2, 0.25) is 11.7 Å². The van der Waals surface area contributed by atoms with Crippen LogP contribution in [0.3, 0.4) is 0 Å². The van der Waals surface area contributed by atoms with Crippen LogP contribution in [0.2, 0.25) is 0 Å². The van der Waals surface area contributed by atoms with Gasteiger partial charge in [-0.2, -0.15) is 4.98 Å². The molecule has 2 aromatic heterocycles. The molecule has 0 aliphatic heterocycles. The number of thiophene rings is 1. The topological polar surface area (TPSA) is 48.2 Å². The van der Waals surface area contributed by atoms with Crippen LogP contribution in [-0.4, -0.2) is 17.3 Å². The van der Waals surface area contributed by atoms with E-state index in [2.05, 4.69) is 37.5 Å². The van der Waals surface area contributed by atoms with Crippen LogP contribution in [0, 0.1) is 0 Å². The molecule has 4 rings (SSSR count). The predicted molar refractivity (Wildman–Crippen MR) is 88.4 cm³/mol. The second-order valence-electron chi connectivity index (χ2n) is 5.29. The number of halogens is 1. The Balaban J connectivity index is 1.58. The van der Waals surface area contributed by atoms with Gasteiger partial charge in [-0.1, -0.05) is 17.3 Å².